The van der Waals surface area contributed by atoms with Crippen LogP contribution in [0.4, 0.5) is 5.69 Å². The van der Waals surface area contributed by atoms with Crippen molar-refractivity contribution in [3.8, 4) is 5.75 Å². The van der Waals surface area contributed by atoms with Gasteiger partial charge in [-0.25, -0.2) is 13.1 Å². The molecule has 5 aliphatic rings. The van der Waals surface area contributed by atoms with Gasteiger partial charge < -0.3 is 19.1 Å². The summed E-state index contributed by atoms with van der Waals surface area (Å²) in [4.78, 5) is 16.1. The highest BCUT2D eigenvalue weighted by molar-refractivity contribution is 7.90. The Balaban J connectivity index is 1.27. The van der Waals surface area contributed by atoms with Crippen LogP contribution >= 0.6 is 11.6 Å². The second-order valence-electron chi connectivity index (χ2n) is 17.1. The van der Waals surface area contributed by atoms with E-state index >= 15 is 0 Å². The van der Waals surface area contributed by atoms with Gasteiger partial charge in [-0.1, -0.05) is 62.4 Å². The fourth-order valence-corrected chi connectivity index (χ4v) is 11.8. The number of carbonyl (C=O) groups is 1. The Morgan fingerprint density at radius 1 is 1.02 bits per heavy atom. The van der Waals surface area contributed by atoms with Gasteiger partial charge in [-0.3, -0.25) is 4.79 Å². The summed E-state index contributed by atoms with van der Waals surface area (Å²) < 4.78 is 48.5. The number of sulfonamides is 1. The van der Waals surface area contributed by atoms with E-state index in [4.69, 9.17) is 25.8 Å². The number of nitrogens with zero attached hydrogens (tertiary/aromatic N) is 1. The molecule has 8 nitrogen and oxygen atoms in total. The van der Waals surface area contributed by atoms with Gasteiger partial charge in [0.05, 0.1) is 23.1 Å². The molecule has 10 heteroatoms. The van der Waals surface area contributed by atoms with Gasteiger partial charge in [0.1, 0.15) is 5.75 Å². The van der Waals surface area contributed by atoms with E-state index in [2.05, 4.69) is 33.9 Å². The molecular weight excluding hydrogens is 708 g/mol. The van der Waals surface area contributed by atoms with E-state index in [1.165, 1.54) is 36.8 Å². The molecule has 0 saturated heterocycles. The topological polar surface area (TPSA) is 94.2 Å². The maximum atomic E-state index is 13.7. The summed E-state index contributed by atoms with van der Waals surface area (Å²) >= 11 is 6.51. The summed E-state index contributed by atoms with van der Waals surface area (Å²) in [6.45, 7) is 6.53. The maximum Gasteiger partial charge on any atom is 0.264 e. The van der Waals surface area contributed by atoms with Crippen LogP contribution in [0.5, 0.6) is 5.75 Å². The van der Waals surface area contributed by atoms with E-state index < -0.39 is 26.8 Å². The third kappa shape index (κ3) is 7.92. The van der Waals surface area contributed by atoms with Crippen LogP contribution < -0.4 is 14.4 Å². The number of aryl methyl sites for hydroxylation is 1. The first-order valence-corrected chi connectivity index (χ1v) is 22.0. The highest BCUT2D eigenvalue weighted by Gasteiger charge is 2.50. The molecule has 2 aliphatic heterocycles. The Labute approximate surface area is 322 Å². The lowest BCUT2D eigenvalue weighted by Crippen LogP contribution is -2.53. The first-order chi connectivity index (χ1) is 25.5. The lowest BCUT2D eigenvalue weighted by Gasteiger charge is -2.52. The quantitative estimate of drug-likeness (QED) is 0.295. The van der Waals surface area contributed by atoms with Crippen molar-refractivity contribution < 1.29 is 27.4 Å². The zero-order valence-electron chi connectivity index (χ0n) is 32.1. The zero-order valence-corrected chi connectivity index (χ0v) is 33.7. The molecule has 3 aliphatic carbocycles. The van der Waals surface area contributed by atoms with Crippen molar-refractivity contribution in [1.29, 1.82) is 0 Å². The van der Waals surface area contributed by atoms with E-state index in [9.17, 15) is 13.2 Å². The molecule has 1 amide bonds. The molecule has 1 spiro atoms. The lowest BCUT2D eigenvalue weighted by atomic mass is 9.60. The molecular formula is C43H59ClN2O6S. The van der Waals surface area contributed by atoms with Gasteiger partial charge in [-0.2, -0.15) is 0 Å². The zero-order chi connectivity index (χ0) is 37.4. The van der Waals surface area contributed by atoms with E-state index in [1.54, 1.807) is 20.1 Å². The first kappa shape index (κ1) is 38.7. The van der Waals surface area contributed by atoms with Crippen molar-refractivity contribution in [3.05, 3.63) is 70.3 Å². The number of hydrogen-bond donors (Lipinski definition) is 1. The molecule has 7 rings (SSSR count). The van der Waals surface area contributed by atoms with Crippen LogP contribution in [-0.2, 0) is 31.3 Å². The number of benzene rings is 2. The molecule has 2 bridgehead atoms. The number of allylic oxidation sites excluding steroid dienone is 1. The third-order valence-electron chi connectivity index (χ3n) is 13.9. The molecule has 1 N–H and O–H groups in total. The number of halogens is 1. The molecule has 0 radical (unpaired) electrons. The predicted molar refractivity (Wildman–Crippen MR) is 211 cm³/mol. The summed E-state index contributed by atoms with van der Waals surface area (Å²) in [5.74, 6) is 1.89. The number of amides is 1. The fraction of sp³-hybridized carbons (Fsp3) is 0.651. The largest absolute Gasteiger partial charge is 0.490 e. The van der Waals surface area contributed by atoms with Crippen LogP contribution in [0.15, 0.2) is 48.6 Å². The standard InChI is InChI=1S/C43H59ClN2O6S/c1-29-7-5-21-43(51-4,25-32-11-9-31(10-12-32)19-22-50-3)38-16-13-35(38)26-46-27-42(20-6-8-33-23-36(44)15-17-37(33)42)28-52-40-18-14-34(24-39(40)46)41(47)45-53(48,49)30(29)2/h5,14-15,17-18,21,23-24,29-32,35,38H,6-13,16,19-20,22,25-28H2,1-4H3,(H,45,47)/b21-5+/t29-,30+,31?,32?,35-,38+,42-,43+/m0/s1. The predicted octanol–water partition coefficient (Wildman–Crippen LogP) is 8.50. The van der Waals surface area contributed by atoms with E-state index in [0.29, 0.717) is 36.3 Å². The van der Waals surface area contributed by atoms with Gasteiger partial charge in [0.2, 0.25) is 10.0 Å². The summed E-state index contributed by atoms with van der Waals surface area (Å²) in [6.07, 6.45) is 17.2. The highest BCUT2D eigenvalue weighted by Crippen LogP contribution is 2.51. The van der Waals surface area contributed by atoms with E-state index in [1.807, 2.05) is 32.2 Å². The molecule has 0 unspecified atom stereocenters. The van der Waals surface area contributed by atoms with Gasteiger partial charge in [0.15, 0.2) is 0 Å². The highest BCUT2D eigenvalue weighted by atomic mass is 35.5. The summed E-state index contributed by atoms with van der Waals surface area (Å²) in [5.41, 5.74) is 3.04. The first-order valence-electron chi connectivity index (χ1n) is 20.0. The van der Waals surface area contributed by atoms with Crippen molar-refractivity contribution in [3.63, 3.8) is 0 Å². The molecule has 2 fully saturated rings. The molecule has 6 atom stereocenters. The summed E-state index contributed by atoms with van der Waals surface area (Å²) in [7, 11) is -0.269. The summed E-state index contributed by atoms with van der Waals surface area (Å²) in [5, 5.41) is -0.0112. The van der Waals surface area contributed by atoms with Crippen LogP contribution in [0.25, 0.3) is 0 Å². The Bertz CT molecular complexity index is 1780. The monoisotopic (exact) mass is 766 g/mol. The number of nitrogens with one attached hydrogen (secondary N) is 1. The van der Waals surface area contributed by atoms with E-state index in [-0.39, 0.29) is 11.3 Å². The Hall–Kier alpha value is -2.59. The fourth-order valence-electron chi connectivity index (χ4n) is 10.3. The molecule has 2 aromatic rings. The molecule has 2 aromatic carbocycles. The SMILES string of the molecule is COCCC1CCC(C[C@]2(OC)/C=C/C[C@H](C)[C@@H](C)S(=O)(=O)NC(=O)c3ccc4c(c3)N(C[C@@H]3CC[C@H]32)C[C@@]2(CCCc3cc(Cl)ccc32)CO4)CC1. The Morgan fingerprint density at radius 3 is 2.55 bits per heavy atom. The van der Waals surface area contributed by atoms with Crippen molar-refractivity contribution in [2.45, 2.75) is 107 Å². The average molecular weight is 767 g/mol. The van der Waals surface area contributed by atoms with Crippen molar-refractivity contribution in [1.82, 2.24) is 4.72 Å². The second kappa shape index (κ2) is 15.9. The van der Waals surface area contributed by atoms with Gasteiger partial charge in [-0.15, -0.1) is 0 Å². The third-order valence-corrected chi connectivity index (χ3v) is 16.1. The Kier molecular flexibility index (Phi) is 11.6. The average Bonchev–Trinajstić information content (AvgIpc) is 3.28. The van der Waals surface area contributed by atoms with Crippen LogP contribution in [0, 0.1) is 29.6 Å². The van der Waals surface area contributed by atoms with Crippen LogP contribution in [-0.4, -0.2) is 65.7 Å². The molecule has 2 heterocycles. The van der Waals surface area contributed by atoms with Crippen LogP contribution in [0.3, 0.4) is 0 Å². The number of ether oxygens (including phenoxy) is 3. The molecule has 2 saturated carbocycles. The van der Waals surface area contributed by atoms with Crippen LogP contribution in [0.2, 0.25) is 5.02 Å². The lowest BCUT2D eigenvalue weighted by molar-refractivity contribution is -0.0914. The van der Waals surface area contributed by atoms with Crippen molar-refractivity contribution in [2.24, 2.45) is 29.6 Å². The van der Waals surface area contributed by atoms with Crippen LogP contribution in [0.1, 0.15) is 106 Å². The molecule has 53 heavy (non-hydrogen) atoms. The minimum atomic E-state index is -3.94. The van der Waals surface area contributed by atoms with Gasteiger partial charge in [0.25, 0.3) is 5.91 Å². The minimum Gasteiger partial charge on any atom is -0.490 e. The number of fused-ring (bicyclic) bond motifs is 4. The number of anilines is 1. The number of methoxy groups -OCH3 is 2. The Morgan fingerprint density at radius 2 is 1.81 bits per heavy atom. The van der Waals surface area contributed by atoms with Gasteiger partial charge >= 0.3 is 0 Å². The molecule has 290 valence electrons. The smallest absolute Gasteiger partial charge is 0.264 e. The molecule has 0 aromatic heterocycles. The number of hydrogen-bond acceptors (Lipinski definition) is 7. The van der Waals surface area contributed by atoms with E-state index in [0.717, 1.165) is 87.0 Å². The van der Waals surface area contributed by atoms with Crippen molar-refractivity contribution >= 4 is 33.2 Å². The number of rotatable bonds is 6. The minimum absolute atomic E-state index is 0.201. The maximum absolute atomic E-state index is 13.7. The van der Waals surface area contributed by atoms with Crippen molar-refractivity contribution in [2.75, 3.05) is 45.4 Å². The second-order valence-corrected chi connectivity index (χ2v) is 19.5. The normalized spacial score (nSPS) is 34.8. The van der Waals surface area contributed by atoms with Gasteiger partial charge in [0, 0.05) is 49.9 Å². The summed E-state index contributed by atoms with van der Waals surface area (Å²) in [6, 6.07) is 11.7. The van der Waals surface area contributed by atoms with Gasteiger partial charge in [-0.05, 0) is 129 Å². The number of carbonyl (C=O) groups excluding carboxylic acids is 1.